The molecule has 1 aliphatic heterocycles. The number of piperazine rings is 1. The summed E-state index contributed by atoms with van der Waals surface area (Å²) in [6.45, 7) is 11.8. The van der Waals surface area contributed by atoms with Crippen LogP contribution in [-0.4, -0.2) is 54.0 Å². The van der Waals surface area contributed by atoms with Crippen LogP contribution >= 0.6 is 0 Å². The molecule has 0 saturated carbocycles. The summed E-state index contributed by atoms with van der Waals surface area (Å²) < 4.78 is 14.4. The molecule has 1 saturated heterocycles. The first-order valence-corrected chi connectivity index (χ1v) is 8.37. The largest absolute Gasteiger partial charge is 0.338 e. The lowest BCUT2D eigenvalue weighted by Gasteiger charge is -2.43. The SMILES string of the molecule is CCN(C(C(=O)N1CCNCC1)c1ccccc1F)C(C)(C)C. The molecule has 1 aliphatic rings. The Morgan fingerprint density at radius 2 is 1.91 bits per heavy atom. The first-order valence-electron chi connectivity index (χ1n) is 8.37. The summed E-state index contributed by atoms with van der Waals surface area (Å²) in [4.78, 5) is 17.1. The number of likely N-dealkylation sites (N-methyl/N-ethyl adjacent to an activating group) is 1. The first-order chi connectivity index (χ1) is 10.9. The number of hydrogen-bond donors (Lipinski definition) is 1. The minimum atomic E-state index is -0.584. The third-order valence-electron chi connectivity index (χ3n) is 4.38. The molecule has 1 fully saturated rings. The van der Waals surface area contributed by atoms with Crippen molar-refractivity contribution in [2.75, 3.05) is 32.7 Å². The van der Waals surface area contributed by atoms with Crippen molar-refractivity contribution in [1.29, 1.82) is 0 Å². The van der Waals surface area contributed by atoms with Gasteiger partial charge in [-0.25, -0.2) is 4.39 Å². The normalized spacial score (nSPS) is 17.4. The monoisotopic (exact) mass is 321 g/mol. The van der Waals surface area contributed by atoms with Crippen molar-refractivity contribution < 1.29 is 9.18 Å². The van der Waals surface area contributed by atoms with E-state index in [9.17, 15) is 9.18 Å². The van der Waals surface area contributed by atoms with Crippen LogP contribution in [0.3, 0.4) is 0 Å². The first kappa shape index (κ1) is 17.9. The molecule has 0 radical (unpaired) electrons. The number of halogens is 1. The van der Waals surface area contributed by atoms with Gasteiger partial charge in [0.25, 0.3) is 0 Å². The number of hydrogen-bond acceptors (Lipinski definition) is 3. The second-order valence-electron chi connectivity index (χ2n) is 6.96. The molecule has 0 bridgehead atoms. The van der Waals surface area contributed by atoms with E-state index < -0.39 is 6.04 Å². The smallest absolute Gasteiger partial charge is 0.244 e. The highest BCUT2D eigenvalue weighted by atomic mass is 19.1. The zero-order valence-corrected chi connectivity index (χ0v) is 14.6. The van der Waals surface area contributed by atoms with Gasteiger partial charge in [-0.2, -0.15) is 0 Å². The van der Waals surface area contributed by atoms with Gasteiger partial charge in [-0.05, 0) is 33.4 Å². The molecule has 1 atom stereocenters. The van der Waals surface area contributed by atoms with Crippen LogP contribution in [0.25, 0.3) is 0 Å². The van der Waals surface area contributed by atoms with E-state index in [1.54, 1.807) is 18.2 Å². The molecule has 0 spiro atoms. The van der Waals surface area contributed by atoms with Gasteiger partial charge in [-0.3, -0.25) is 9.69 Å². The van der Waals surface area contributed by atoms with E-state index in [0.29, 0.717) is 25.2 Å². The lowest BCUT2D eigenvalue weighted by molar-refractivity contribution is -0.140. The summed E-state index contributed by atoms with van der Waals surface area (Å²) in [6, 6.07) is 6.04. The number of benzene rings is 1. The van der Waals surface area contributed by atoms with Gasteiger partial charge >= 0.3 is 0 Å². The Kier molecular flexibility index (Phi) is 5.76. The van der Waals surface area contributed by atoms with Gasteiger partial charge in [0.15, 0.2) is 0 Å². The third-order valence-corrected chi connectivity index (χ3v) is 4.38. The molecule has 23 heavy (non-hydrogen) atoms. The van der Waals surface area contributed by atoms with Gasteiger partial charge in [0, 0.05) is 37.3 Å². The van der Waals surface area contributed by atoms with Crippen LogP contribution in [0.15, 0.2) is 24.3 Å². The molecule has 128 valence electrons. The van der Waals surface area contributed by atoms with Crippen molar-refractivity contribution in [3.63, 3.8) is 0 Å². The zero-order chi connectivity index (χ0) is 17.0. The quantitative estimate of drug-likeness (QED) is 0.925. The minimum absolute atomic E-state index is 0.00613. The minimum Gasteiger partial charge on any atom is -0.338 e. The molecule has 1 unspecified atom stereocenters. The summed E-state index contributed by atoms with van der Waals surface area (Å²) >= 11 is 0. The molecule has 1 amide bonds. The Hall–Kier alpha value is -1.46. The lowest BCUT2D eigenvalue weighted by Crippen LogP contribution is -2.54. The van der Waals surface area contributed by atoms with Gasteiger partial charge in [0.1, 0.15) is 11.9 Å². The van der Waals surface area contributed by atoms with Gasteiger partial charge in [0.05, 0.1) is 0 Å². The van der Waals surface area contributed by atoms with Crippen molar-refractivity contribution >= 4 is 5.91 Å². The van der Waals surface area contributed by atoms with Crippen molar-refractivity contribution in [3.05, 3.63) is 35.6 Å². The van der Waals surface area contributed by atoms with Gasteiger partial charge < -0.3 is 10.2 Å². The average Bonchev–Trinajstić information content (AvgIpc) is 2.52. The standard InChI is InChI=1S/C18H28FN3O/c1-5-22(18(2,3)4)16(14-8-6-7-9-15(14)19)17(23)21-12-10-20-11-13-21/h6-9,16,20H,5,10-13H2,1-4H3. The highest BCUT2D eigenvalue weighted by Gasteiger charge is 2.37. The summed E-state index contributed by atoms with van der Waals surface area (Å²) in [5, 5.41) is 3.25. The Bertz CT molecular complexity index is 535. The number of rotatable bonds is 4. The highest BCUT2D eigenvalue weighted by Crippen LogP contribution is 2.31. The molecule has 5 heteroatoms. The van der Waals surface area contributed by atoms with E-state index in [4.69, 9.17) is 0 Å². The third kappa shape index (κ3) is 4.09. The summed E-state index contributed by atoms with van der Waals surface area (Å²) in [6.07, 6.45) is 0. The molecule has 1 heterocycles. The number of carbonyl (C=O) groups is 1. The fourth-order valence-electron chi connectivity index (χ4n) is 3.23. The predicted molar refractivity (Wildman–Crippen MR) is 90.7 cm³/mol. The van der Waals surface area contributed by atoms with E-state index in [1.807, 2.05) is 11.8 Å². The Morgan fingerprint density at radius 1 is 1.30 bits per heavy atom. The molecule has 1 aromatic carbocycles. The van der Waals surface area contributed by atoms with Crippen LogP contribution in [0.4, 0.5) is 4.39 Å². The van der Waals surface area contributed by atoms with Crippen LogP contribution in [0.5, 0.6) is 0 Å². The van der Waals surface area contributed by atoms with E-state index in [1.165, 1.54) is 6.07 Å². The van der Waals surface area contributed by atoms with Crippen molar-refractivity contribution in [2.24, 2.45) is 0 Å². The summed E-state index contributed by atoms with van der Waals surface area (Å²) in [7, 11) is 0. The molecular weight excluding hydrogens is 293 g/mol. The molecular formula is C18H28FN3O. The number of nitrogens with zero attached hydrogens (tertiary/aromatic N) is 2. The predicted octanol–water partition coefficient (Wildman–Crippen LogP) is 2.42. The fraction of sp³-hybridized carbons (Fsp3) is 0.611. The summed E-state index contributed by atoms with van der Waals surface area (Å²) in [5.41, 5.74) is 0.235. The van der Waals surface area contributed by atoms with Crippen LogP contribution in [0, 0.1) is 5.82 Å². The van der Waals surface area contributed by atoms with Crippen LogP contribution in [0.2, 0.25) is 0 Å². The maximum atomic E-state index is 14.4. The molecule has 0 aliphatic carbocycles. The van der Waals surface area contributed by atoms with Crippen molar-refractivity contribution in [3.8, 4) is 0 Å². The van der Waals surface area contributed by atoms with Crippen LogP contribution in [-0.2, 0) is 4.79 Å². The average molecular weight is 321 g/mol. The molecule has 0 aromatic heterocycles. The zero-order valence-electron chi connectivity index (χ0n) is 14.6. The van der Waals surface area contributed by atoms with Gasteiger partial charge in [-0.1, -0.05) is 25.1 Å². The van der Waals surface area contributed by atoms with E-state index >= 15 is 0 Å². The summed E-state index contributed by atoms with van der Waals surface area (Å²) in [5.74, 6) is -0.322. The van der Waals surface area contributed by atoms with Gasteiger partial charge in [-0.15, -0.1) is 0 Å². The number of carbonyl (C=O) groups excluding carboxylic acids is 1. The molecule has 1 aromatic rings. The Morgan fingerprint density at radius 3 is 2.43 bits per heavy atom. The second-order valence-corrected chi connectivity index (χ2v) is 6.96. The second kappa shape index (κ2) is 7.41. The maximum absolute atomic E-state index is 14.4. The molecule has 4 nitrogen and oxygen atoms in total. The van der Waals surface area contributed by atoms with Crippen LogP contribution in [0.1, 0.15) is 39.3 Å². The van der Waals surface area contributed by atoms with Crippen LogP contribution < -0.4 is 5.32 Å². The lowest BCUT2D eigenvalue weighted by atomic mass is 9.96. The van der Waals surface area contributed by atoms with Crippen molar-refractivity contribution in [1.82, 2.24) is 15.1 Å². The van der Waals surface area contributed by atoms with Crippen molar-refractivity contribution in [2.45, 2.75) is 39.3 Å². The molecule has 1 N–H and O–H groups in total. The fourth-order valence-corrected chi connectivity index (χ4v) is 3.23. The molecule has 2 rings (SSSR count). The number of amides is 1. The van der Waals surface area contributed by atoms with E-state index in [0.717, 1.165) is 13.1 Å². The number of nitrogens with one attached hydrogen (secondary N) is 1. The van der Waals surface area contributed by atoms with E-state index in [2.05, 4.69) is 31.0 Å². The Balaban J connectivity index is 2.42. The maximum Gasteiger partial charge on any atom is 0.244 e. The Labute approximate surface area is 138 Å². The van der Waals surface area contributed by atoms with E-state index in [-0.39, 0.29) is 17.3 Å². The highest BCUT2D eigenvalue weighted by molar-refractivity contribution is 5.83. The topological polar surface area (TPSA) is 35.6 Å². The van der Waals surface area contributed by atoms with Gasteiger partial charge in [0.2, 0.25) is 5.91 Å².